The SMILES string of the molecule is [18F]CCCBr. The monoisotopic (exact) mass is 139 g/mol. The van der Waals surface area contributed by atoms with Crippen molar-refractivity contribution in [1.82, 2.24) is 0 Å². The highest BCUT2D eigenvalue weighted by atomic mass is 79.9. The lowest BCUT2D eigenvalue weighted by molar-refractivity contribution is 0.490. The first-order chi connectivity index (χ1) is 2.41. The van der Waals surface area contributed by atoms with E-state index in [0.717, 1.165) is 5.33 Å². The van der Waals surface area contributed by atoms with Crippen molar-refractivity contribution in [3.05, 3.63) is 0 Å². The predicted octanol–water partition coefficient (Wildman–Crippen LogP) is 1.74. The van der Waals surface area contributed by atoms with Gasteiger partial charge in [0.25, 0.3) is 0 Å². The first kappa shape index (κ1) is 5.41. The van der Waals surface area contributed by atoms with Gasteiger partial charge in [0.2, 0.25) is 0 Å². The highest BCUT2D eigenvalue weighted by Crippen LogP contribution is 1.85. The molecule has 32 valence electrons. The Morgan fingerprint density at radius 2 is 2.20 bits per heavy atom. The fourth-order valence-electron chi connectivity index (χ4n) is 0.0505. The van der Waals surface area contributed by atoms with Crippen LogP contribution in [0.15, 0.2) is 0 Å². The Morgan fingerprint density at radius 1 is 1.60 bits per heavy atom. The van der Waals surface area contributed by atoms with Crippen molar-refractivity contribution in [3.63, 3.8) is 0 Å². The molecule has 5 heavy (non-hydrogen) atoms. The summed E-state index contributed by atoms with van der Waals surface area (Å²) in [4.78, 5) is 0. The molecule has 0 N–H and O–H groups in total. The highest BCUT2D eigenvalue weighted by molar-refractivity contribution is 9.09. The van der Waals surface area contributed by atoms with Crippen molar-refractivity contribution in [3.8, 4) is 0 Å². The Kier molecular flexibility index (Phi) is 4.77. The number of hydrogen-bond donors (Lipinski definition) is 0. The van der Waals surface area contributed by atoms with Crippen LogP contribution in [0.5, 0.6) is 0 Å². The molecule has 0 atom stereocenters. The van der Waals surface area contributed by atoms with E-state index in [1.807, 2.05) is 0 Å². The van der Waals surface area contributed by atoms with Crippen molar-refractivity contribution < 1.29 is 4.39 Å². The van der Waals surface area contributed by atoms with E-state index >= 15 is 0 Å². The summed E-state index contributed by atoms with van der Waals surface area (Å²) in [5, 5.41) is 0.781. The predicted molar refractivity (Wildman–Crippen MR) is 24.4 cm³/mol. The lowest BCUT2D eigenvalue weighted by Gasteiger charge is -1.74. The molecule has 0 saturated heterocycles. The molecular formula is C3H6BrF. The van der Waals surface area contributed by atoms with Crippen LogP contribution >= 0.6 is 15.9 Å². The second-order valence-electron chi connectivity index (χ2n) is 0.732. The van der Waals surface area contributed by atoms with Gasteiger partial charge in [-0.2, -0.15) is 0 Å². The molecule has 0 aliphatic carbocycles. The minimum absolute atomic E-state index is 0.203. The molecule has 0 spiro atoms. The minimum atomic E-state index is -0.203. The highest BCUT2D eigenvalue weighted by Gasteiger charge is 1.73. The summed E-state index contributed by atoms with van der Waals surface area (Å²) in [5.74, 6) is 0. The maximum atomic E-state index is 11.0. The third-order valence-corrected chi connectivity index (χ3v) is 0.828. The van der Waals surface area contributed by atoms with Gasteiger partial charge in [-0.05, 0) is 6.42 Å². The quantitative estimate of drug-likeness (QED) is 0.512. The van der Waals surface area contributed by atoms with Crippen molar-refractivity contribution in [2.75, 3.05) is 12.0 Å². The topological polar surface area (TPSA) is 0 Å². The lowest BCUT2D eigenvalue weighted by atomic mass is 10.6. The summed E-state index contributed by atoms with van der Waals surface area (Å²) >= 11 is 3.07. The third-order valence-electron chi connectivity index (χ3n) is 0.267. The van der Waals surface area contributed by atoms with Gasteiger partial charge in [-0.15, -0.1) is 0 Å². The van der Waals surface area contributed by atoms with E-state index in [1.165, 1.54) is 0 Å². The Morgan fingerprint density at radius 3 is 2.20 bits per heavy atom. The van der Waals surface area contributed by atoms with Crippen LogP contribution in [0.1, 0.15) is 6.42 Å². The average Bonchev–Trinajstić information content (AvgIpc) is 1.41. The molecular weight excluding hydrogens is 134 g/mol. The number of hydrogen-bond acceptors (Lipinski definition) is 0. The van der Waals surface area contributed by atoms with E-state index in [1.54, 1.807) is 0 Å². The molecule has 0 amide bonds. The molecule has 2 heteroatoms. The molecule has 0 aliphatic heterocycles. The van der Waals surface area contributed by atoms with Crippen LogP contribution in [-0.4, -0.2) is 12.0 Å². The Bertz CT molecular complexity index is 14.4. The molecule has 0 rings (SSSR count). The maximum absolute atomic E-state index is 11.0. The molecule has 0 radical (unpaired) electrons. The zero-order valence-corrected chi connectivity index (χ0v) is 4.46. The number of halogens is 2. The number of rotatable bonds is 2. The van der Waals surface area contributed by atoms with Gasteiger partial charge in [0.15, 0.2) is 0 Å². The zero-order chi connectivity index (χ0) is 4.12. The van der Waals surface area contributed by atoms with Gasteiger partial charge >= 0.3 is 0 Å². The van der Waals surface area contributed by atoms with Crippen LogP contribution in [0.3, 0.4) is 0 Å². The molecule has 0 bridgehead atoms. The number of alkyl halides is 2. The van der Waals surface area contributed by atoms with E-state index in [9.17, 15) is 4.39 Å². The first-order valence-corrected chi connectivity index (χ1v) is 2.66. The Labute approximate surface area is 39.5 Å². The fourth-order valence-corrected chi connectivity index (χ4v) is 0.262. The summed E-state index contributed by atoms with van der Waals surface area (Å²) in [6.45, 7) is -0.203. The van der Waals surface area contributed by atoms with Gasteiger partial charge in [0, 0.05) is 5.33 Å². The third kappa shape index (κ3) is 4.41. The standard InChI is InChI=1S/C3H6BrF/c4-2-1-3-5/h1-3H2/i5-1. The van der Waals surface area contributed by atoms with E-state index in [2.05, 4.69) is 15.9 Å². The van der Waals surface area contributed by atoms with E-state index < -0.39 is 0 Å². The maximum Gasteiger partial charge on any atom is 0.0902 e. The van der Waals surface area contributed by atoms with E-state index in [-0.39, 0.29) is 6.67 Å². The van der Waals surface area contributed by atoms with Crippen LogP contribution < -0.4 is 0 Å². The van der Waals surface area contributed by atoms with Gasteiger partial charge in [-0.25, -0.2) is 0 Å². The van der Waals surface area contributed by atoms with Gasteiger partial charge in [0.1, 0.15) is 0 Å². The second kappa shape index (κ2) is 4.41. The van der Waals surface area contributed by atoms with Crippen LogP contribution in [0.4, 0.5) is 4.39 Å². The van der Waals surface area contributed by atoms with E-state index in [4.69, 9.17) is 0 Å². The molecule has 0 saturated carbocycles. The van der Waals surface area contributed by atoms with Crippen molar-refractivity contribution >= 4 is 15.9 Å². The summed E-state index contributed by atoms with van der Waals surface area (Å²) in [6.07, 6.45) is 0.639. The van der Waals surface area contributed by atoms with Gasteiger partial charge < -0.3 is 0 Å². The zero-order valence-electron chi connectivity index (χ0n) is 2.88. The average molecular weight is 140 g/mol. The largest absolute Gasteiger partial charge is 0.251 e. The normalized spacial score (nSPS) is 8.40. The summed E-state index contributed by atoms with van der Waals surface area (Å²) < 4.78 is 11.0. The van der Waals surface area contributed by atoms with E-state index in [0.29, 0.717) is 6.42 Å². The summed E-state index contributed by atoms with van der Waals surface area (Å²) in [5.41, 5.74) is 0. The van der Waals surface area contributed by atoms with Gasteiger partial charge in [0.05, 0.1) is 6.67 Å². The van der Waals surface area contributed by atoms with Crippen molar-refractivity contribution in [2.45, 2.75) is 6.42 Å². The molecule has 0 aromatic carbocycles. The first-order valence-electron chi connectivity index (χ1n) is 1.53. The van der Waals surface area contributed by atoms with Crippen LogP contribution in [0.25, 0.3) is 0 Å². The molecule has 0 aromatic heterocycles. The molecule has 0 unspecified atom stereocenters. The van der Waals surface area contributed by atoms with Crippen LogP contribution in [0, 0.1) is 0 Å². The molecule has 0 nitrogen and oxygen atoms in total. The minimum Gasteiger partial charge on any atom is -0.251 e. The molecule has 0 heterocycles. The molecule has 0 aliphatic rings. The van der Waals surface area contributed by atoms with Crippen molar-refractivity contribution in [1.29, 1.82) is 0 Å². The Hall–Kier alpha value is 0.410. The summed E-state index contributed by atoms with van der Waals surface area (Å²) in [6, 6.07) is 0. The fraction of sp³-hybridized carbons (Fsp3) is 1.00. The molecule has 0 fully saturated rings. The smallest absolute Gasteiger partial charge is 0.0902 e. The van der Waals surface area contributed by atoms with Gasteiger partial charge in [-0.1, -0.05) is 15.9 Å². The van der Waals surface area contributed by atoms with Crippen LogP contribution in [0.2, 0.25) is 0 Å². The van der Waals surface area contributed by atoms with Crippen molar-refractivity contribution in [2.24, 2.45) is 0 Å². The summed E-state index contributed by atoms with van der Waals surface area (Å²) in [7, 11) is 0. The molecule has 0 aromatic rings. The Balaban J connectivity index is 2.19. The second-order valence-corrected chi connectivity index (χ2v) is 1.52. The van der Waals surface area contributed by atoms with Crippen LogP contribution in [-0.2, 0) is 0 Å². The lowest BCUT2D eigenvalue weighted by Crippen LogP contribution is -1.71. The van der Waals surface area contributed by atoms with Gasteiger partial charge in [-0.3, -0.25) is 4.39 Å².